The van der Waals surface area contributed by atoms with Crippen molar-refractivity contribution >= 4 is 17.5 Å². The number of hydrogen-bond acceptors (Lipinski definition) is 5. The zero-order valence-corrected chi connectivity index (χ0v) is 15.0. The fraction of sp³-hybridized carbons (Fsp3) is 0.368. The number of halogens is 1. The Kier molecular flexibility index (Phi) is 6.03. The molecule has 0 spiro atoms. The van der Waals surface area contributed by atoms with Crippen LogP contribution in [0, 0.1) is 11.3 Å². The second kappa shape index (κ2) is 8.63. The van der Waals surface area contributed by atoms with Gasteiger partial charge in [-0.1, -0.05) is 23.7 Å². The van der Waals surface area contributed by atoms with Gasteiger partial charge in [0.15, 0.2) is 0 Å². The molecule has 1 atom stereocenters. The van der Waals surface area contributed by atoms with Crippen LogP contribution in [0.3, 0.4) is 0 Å². The molecule has 26 heavy (non-hydrogen) atoms. The van der Waals surface area contributed by atoms with E-state index in [1.807, 2.05) is 35.2 Å². The number of aryl methyl sites for hydroxylation is 1. The van der Waals surface area contributed by atoms with Crippen LogP contribution >= 0.6 is 11.6 Å². The minimum absolute atomic E-state index is 0.0953. The van der Waals surface area contributed by atoms with E-state index in [-0.39, 0.29) is 23.6 Å². The molecule has 3 rings (SSSR count). The number of benzene rings is 1. The van der Waals surface area contributed by atoms with Crippen LogP contribution in [0.5, 0.6) is 5.88 Å². The normalized spacial score (nSPS) is 16.8. The zero-order valence-electron chi connectivity index (χ0n) is 14.3. The number of likely N-dealkylation sites (tertiary alicyclic amines) is 1. The number of aromatic nitrogens is 2. The topological polar surface area (TPSA) is 79.1 Å². The van der Waals surface area contributed by atoms with E-state index in [0.29, 0.717) is 24.4 Å². The minimum Gasteiger partial charge on any atom is -0.470 e. The molecule has 6 nitrogen and oxygen atoms in total. The van der Waals surface area contributed by atoms with Crippen LogP contribution in [0.2, 0.25) is 5.02 Å². The predicted molar refractivity (Wildman–Crippen MR) is 96.8 cm³/mol. The molecule has 0 bridgehead atoms. The number of amides is 1. The summed E-state index contributed by atoms with van der Waals surface area (Å²) in [5.41, 5.74) is 1.21. The molecule has 1 fully saturated rings. The van der Waals surface area contributed by atoms with Crippen LogP contribution in [0.25, 0.3) is 0 Å². The maximum absolute atomic E-state index is 12.5. The highest BCUT2D eigenvalue weighted by Crippen LogP contribution is 2.20. The first-order chi connectivity index (χ1) is 12.7. The average Bonchev–Trinajstić information content (AvgIpc) is 2.67. The molecule has 2 heterocycles. The number of nitriles is 1. The van der Waals surface area contributed by atoms with Crippen LogP contribution in [-0.4, -0.2) is 40.0 Å². The summed E-state index contributed by atoms with van der Waals surface area (Å²) in [4.78, 5) is 22.4. The van der Waals surface area contributed by atoms with Crippen molar-refractivity contribution in [3.05, 3.63) is 52.9 Å². The molecule has 1 aliphatic rings. The van der Waals surface area contributed by atoms with Gasteiger partial charge in [0.25, 0.3) is 5.88 Å². The summed E-state index contributed by atoms with van der Waals surface area (Å²) in [7, 11) is 0. The Bertz CT molecular complexity index is 821. The number of carbonyl (C=O) groups excluding carboxylic acids is 1. The Labute approximate surface area is 157 Å². The van der Waals surface area contributed by atoms with Gasteiger partial charge in [-0.2, -0.15) is 5.26 Å². The quantitative estimate of drug-likeness (QED) is 0.808. The first kappa shape index (κ1) is 18.2. The lowest BCUT2D eigenvalue weighted by atomic mass is 10.1. The number of hydrogen-bond donors (Lipinski definition) is 0. The maximum Gasteiger partial charge on any atom is 0.251 e. The van der Waals surface area contributed by atoms with Crippen molar-refractivity contribution in [2.45, 2.75) is 31.8 Å². The summed E-state index contributed by atoms with van der Waals surface area (Å²) >= 11 is 5.98. The Morgan fingerprint density at radius 3 is 3.04 bits per heavy atom. The predicted octanol–water partition coefficient (Wildman–Crippen LogP) is 3.00. The summed E-state index contributed by atoms with van der Waals surface area (Å²) < 4.78 is 5.83. The number of nitrogens with zero attached hydrogens (tertiary/aromatic N) is 4. The van der Waals surface area contributed by atoms with E-state index in [9.17, 15) is 4.79 Å². The van der Waals surface area contributed by atoms with Gasteiger partial charge < -0.3 is 9.64 Å². The fourth-order valence-electron chi connectivity index (χ4n) is 3.01. The first-order valence-corrected chi connectivity index (χ1v) is 8.93. The largest absolute Gasteiger partial charge is 0.470 e. The van der Waals surface area contributed by atoms with Gasteiger partial charge in [0.05, 0.1) is 6.54 Å². The summed E-state index contributed by atoms with van der Waals surface area (Å²) in [6.45, 7) is 1.22. The zero-order chi connectivity index (χ0) is 18.4. The minimum atomic E-state index is -0.178. The van der Waals surface area contributed by atoms with Crippen molar-refractivity contribution in [2.24, 2.45) is 0 Å². The van der Waals surface area contributed by atoms with E-state index in [0.717, 1.165) is 24.9 Å². The lowest BCUT2D eigenvalue weighted by Crippen LogP contribution is -2.44. The monoisotopic (exact) mass is 370 g/mol. The summed E-state index contributed by atoms with van der Waals surface area (Å²) in [6.07, 6.45) is 5.54. The van der Waals surface area contributed by atoms with E-state index in [4.69, 9.17) is 21.6 Å². The van der Waals surface area contributed by atoms with Gasteiger partial charge in [-0.25, -0.2) is 9.97 Å². The van der Waals surface area contributed by atoms with E-state index < -0.39 is 0 Å². The second-order valence-electron chi connectivity index (χ2n) is 6.17. The van der Waals surface area contributed by atoms with Crippen molar-refractivity contribution in [1.82, 2.24) is 14.9 Å². The molecular formula is C19H19ClN4O2. The molecule has 0 aliphatic carbocycles. The van der Waals surface area contributed by atoms with Crippen molar-refractivity contribution < 1.29 is 9.53 Å². The van der Waals surface area contributed by atoms with Gasteiger partial charge in [0.1, 0.15) is 12.2 Å². The Balaban J connectivity index is 1.56. The Morgan fingerprint density at radius 2 is 2.23 bits per heavy atom. The third kappa shape index (κ3) is 4.70. The van der Waals surface area contributed by atoms with Crippen LogP contribution in [0.1, 0.15) is 30.5 Å². The Hall–Kier alpha value is -2.65. The highest BCUT2D eigenvalue weighted by molar-refractivity contribution is 6.30. The van der Waals surface area contributed by atoms with Crippen molar-refractivity contribution in [1.29, 1.82) is 5.26 Å². The fourth-order valence-corrected chi connectivity index (χ4v) is 3.22. The van der Waals surface area contributed by atoms with Crippen LogP contribution in [-0.2, 0) is 11.2 Å². The molecule has 7 heteroatoms. The van der Waals surface area contributed by atoms with Crippen molar-refractivity contribution in [2.75, 3.05) is 13.1 Å². The van der Waals surface area contributed by atoms with Gasteiger partial charge in [0, 0.05) is 30.4 Å². The van der Waals surface area contributed by atoms with Gasteiger partial charge in [-0.15, -0.1) is 0 Å². The van der Waals surface area contributed by atoms with Gasteiger partial charge in [-0.05, 0) is 37.0 Å². The number of ether oxygens (including phenoxy) is 1. The standard InChI is InChI=1S/C19H19ClN4O2/c20-15-4-1-3-14(11-15)6-7-18(25)24-10-2-5-16(13-24)26-19-17(12-21)22-8-9-23-19/h1,3-4,8-9,11,16H,2,5-7,10,13H2/t16-/m1/s1. The number of carbonyl (C=O) groups is 1. The van der Waals surface area contributed by atoms with Crippen LogP contribution < -0.4 is 4.74 Å². The lowest BCUT2D eigenvalue weighted by molar-refractivity contribution is -0.133. The van der Waals surface area contributed by atoms with Crippen molar-refractivity contribution in [3.8, 4) is 11.9 Å². The molecule has 134 valence electrons. The molecule has 0 unspecified atom stereocenters. The summed E-state index contributed by atoms with van der Waals surface area (Å²) in [6, 6.07) is 9.54. The average molecular weight is 371 g/mol. The summed E-state index contributed by atoms with van der Waals surface area (Å²) in [5.74, 6) is 0.325. The number of rotatable bonds is 5. The van der Waals surface area contributed by atoms with E-state index in [2.05, 4.69) is 9.97 Å². The highest BCUT2D eigenvalue weighted by Gasteiger charge is 2.25. The van der Waals surface area contributed by atoms with Gasteiger partial charge in [0.2, 0.25) is 11.6 Å². The van der Waals surface area contributed by atoms with Gasteiger partial charge in [-0.3, -0.25) is 4.79 Å². The van der Waals surface area contributed by atoms with E-state index in [1.54, 1.807) is 0 Å². The highest BCUT2D eigenvalue weighted by atomic mass is 35.5. The lowest BCUT2D eigenvalue weighted by Gasteiger charge is -2.32. The Morgan fingerprint density at radius 1 is 1.38 bits per heavy atom. The van der Waals surface area contributed by atoms with E-state index in [1.165, 1.54) is 12.4 Å². The second-order valence-corrected chi connectivity index (χ2v) is 6.61. The maximum atomic E-state index is 12.5. The SMILES string of the molecule is N#Cc1nccnc1O[C@@H]1CCCN(C(=O)CCc2cccc(Cl)c2)C1. The molecule has 2 aromatic rings. The molecule has 0 radical (unpaired) electrons. The molecule has 1 aliphatic heterocycles. The molecular weight excluding hydrogens is 352 g/mol. The van der Waals surface area contributed by atoms with Crippen LogP contribution in [0.15, 0.2) is 36.7 Å². The number of piperidine rings is 1. The summed E-state index contributed by atoms with van der Waals surface area (Å²) in [5, 5.41) is 9.76. The smallest absolute Gasteiger partial charge is 0.251 e. The first-order valence-electron chi connectivity index (χ1n) is 8.55. The molecule has 1 aromatic heterocycles. The molecule has 1 amide bonds. The van der Waals surface area contributed by atoms with Gasteiger partial charge >= 0.3 is 0 Å². The third-order valence-corrected chi connectivity index (χ3v) is 4.53. The van der Waals surface area contributed by atoms with Crippen molar-refractivity contribution in [3.63, 3.8) is 0 Å². The van der Waals surface area contributed by atoms with E-state index >= 15 is 0 Å². The molecule has 1 saturated heterocycles. The molecule has 0 saturated carbocycles. The van der Waals surface area contributed by atoms with Crippen LogP contribution in [0.4, 0.5) is 0 Å². The molecule has 0 N–H and O–H groups in total. The third-order valence-electron chi connectivity index (χ3n) is 4.30. The molecule has 1 aromatic carbocycles.